The van der Waals surface area contributed by atoms with Crippen LogP contribution in [0, 0.1) is 6.92 Å². The minimum Gasteiger partial charge on any atom is -0.464 e. The molecular formula is C14H19N3O4. The highest BCUT2D eigenvalue weighted by Gasteiger charge is 2.28. The Morgan fingerprint density at radius 1 is 1.48 bits per heavy atom. The second kappa shape index (κ2) is 6.07. The van der Waals surface area contributed by atoms with Crippen molar-refractivity contribution in [1.82, 2.24) is 15.3 Å². The standard InChI is InChI=1S/C14H19N3O4/c1-4-21-14(20)8(3)16-12(18)10-7(2)15-11(9-5-6-9)17-13(10)19/h8-9H,4-6H2,1-3H3,(H,16,18)(H,15,17,19). The average molecular weight is 293 g/mol. The van der Waals surface area contributed by atoms with E-state index in [4.69, 9.17) is 4.74 Å². The van der Waals surface area contributed by atoms with Gasteiger partial charge in [-0.05, 0) is 33.6 Å². The van der Waals surface area contributed by atoms with Gasteiger partial charge in [0.25, 0.3) is 11.5 Å². The smallest absolute Gasteiger partial charge is 0.328 e. The van der Waals surface area contributed by atoms with Gasteiger partial charge >= 0.3 is 5.97 Å². The molecule has 0 bridgehead atoms. The number of aryl methyl sites for hydroxylation is 1. The van der Waals surface area contributed by atoms with Gasteiger partial charge in [0.05, 0.1) is 12.3 Å². The van der Waals surface area contributed by atoms with E-state index in [2.05, 4.69) is 15.3 Å². The van der Waals surface area contributed by atoms with E-state index >= 15 is 0 Å². The number of aromatic amines is 1. The highest BCUT2D eigenvalue weighted by Crippen LogP contribution is 2.37. The monoisotopic (exact) mass is 293 g/mol. The van der Waals surface area contributed by atoms with Gasteiger partial charge < -0.3 is 15.0 Å². The highest BCUT2D eigenvalue weighted by atomic mass is 16.5. The van der Waals surface area contributed by atoms with Crippen LogP contribution < -0.4 is 10.9 Å². The van der Waals surface area contributed by atoms with E-state index in [-0.39, 0.29) is 12.2 Å². The highest BCUT2D eigenvalue weighted by molar-refractivity contribution is 5.97. The summed E-state index contributed by atoms with van der Waals surface area (Å²) in [6.07, 6.45) is 2.02. The lowest BCUT2D eigenvalue weighted by Gasteiger charge is -2.13. The molecule has 7 nitrogen and oxygen atoms in total. The lowest BCUT2D eigenvalue weighted by molar-refractivity contribution is -0.144. The number of H-pyrrole nitrogens is 1. The van der Waals surface area contributed by atoms with Crippen molar-refractivity contribution in [3.63, 3.8) is 0 Å². The Morgan fingerprint density at radius 2 is 2.14 bits per heavy atom. The van der Waals surface area contributed by atoms with E-state index in [1.807, 2.05) is 0 Å². The zero-order valence-electron chi connectivity index (χ0n) is 12.4. The van der Waals surface area contributed by atoms with Crippen LogP contribution >= 0.6 is 0 Å². The fourth-order valence-corrected chi connectivity index (χ4v) is 2.02. The summed E-state index contributed by atoms with van der Waals surface area (Å²) in [4.78, 5) is 42.6. The van der Waals surface area contributed by atoms with Crippen molar-refractivity contribution in [2.24, 2.45) is 0 Å². The molecule has 0 spiro atoms. The van der Waals surface area contributed by atoms with E-state index < -0.39 is 23.5 Å². The lowest BCUT2D eigenvalue weighted by Crippen LogP contribution is -2.42. The number of nitrogens with zero attached hydrogens (tertiary/aromatic N) is 1. The molecule has 0 radical (unpaired) electrons. The van der Waals surface area contributed by atoms with Crippen LogP contribution in [0.4, 0.5) is 0 Å². The summed E-state index contributed by atoms with van der Waals surface area (Å²) in [5.74, 6) is -0.230. The summed E-state index contributed by atoms with van der Waals surface area (Å²) in [5.41, 5.74) is -0.164. The normalized spacial score (nSPS) is 15.4. The predicted octanol–water partition coefficient (Wildman–Crippen LogP) is 0.637. The van der Waals surface area contributed by atoms with Crippen LogP contribution in [0.3, 0.4) is 0 Å². The number of hydrogen-bond acceptors (Lipinski definition) is 5. The Hall–Kier alpha value is -2.18. The van der Waals surface area contributed by atoms with Crippen LogP contribution in [0.15, 0.2) is 4.79 Å². The quantitative estimate of drug-likeness (QED) is 0.776. The van der Waals surface area contributed by atoms with Crippen LogP contribution in [-0.4, -0.2) is 34.5 Å². The van der Waals surface area contributed by atoms with E-state index in [1.165, 1.54) is 6.92 Å². The second-order valence-electron chi connectivity index (χ2n) is 5.13. The Morgan fingerprint density at radius 3 is 2.67 bits per heavy atom. The van der Waals surface area contributed by atoms with Gasteiger partial charge in [-0.25, -0.2) is 9.78 Å². The predicted molar refractivity (Wildman–Crippen MR) is 75.1 cm³/mol. The third-order valence-corrected chi connectivity index (χ3v) is 3.30. The van der Waals surface area contributed by atoms with Crippen LogP contribution in [0.25, 0.3) is 0 Å². The van der Waals surface area contributed by atoms with Gasteiger partial charge in [0, 0.05) is 5.92 Å². The molecule has 1 aliphatic rings. The molecule has 0 aliphatic heterocycles. The molecule has 1 aliphatic carbocycles. The first kappa shape index (κ1) is 15.2. The van der Waals surface area contributed by atoms with Crippen LogP contribution in [-0.2, 0) is 9.53 Å². The average Bonchev–Trinajstić information content (AvgIpc) is 3.22. The number of rotatable bonds is 5. The van der Waals surface area contributed by atoms with E-state index in [9.17, 15) is 14.4 Å². The van der Waals surface area contributed by atoms with Crippen molar-refractivity contribution in [3.8, 4) is 0 Å². The molecule has 1 fully saturated rings. The van der Waals surface area contributed by atoms with Crippen LogP contribution in [0.5, 0.6) is 0 Å². The van der Waals surface area contributed by atoms with Gasteiger partial charge in [-0.1, -0.05) is 0 Å². The van der Waals surface area contributed by atoms with Gasteiger partial charge in [-0.2, -0.15) is 0 Å². The molecule has 0 aromatic carbocycles. The molecule has 1 heterocycles. The molecule has 1 atom stereocenters. The van der Waals surface area contributed by atoms with Gasteiger partial charge in [0.1, 0.15) is 17.4 Å². The summed E-state index contributed by atoms with van der Waals surface area (Å²) in [5, 5.41) is 2.45. The Kier molecular flexibility index (Phi) is 4.40. The van der Waals surface area contributed by atoms with E-state index in [0.717, 1.165) is 12.8 Å². The SMILES string of the molecule is CCOC(=O)C(C)NC(=O)c1c(C)nc(C2CC2)[nH]c1=O. The van der Waals surface area contributed by atoms with Crippen molar-refractivity contribution in [1.29, 1.82) is 0 Å². The van der Waals surface area contributed by atoms with E-state index in [0.29, 0.717) is 17.4 Å². The largest absolute Gasteiger partial charge is 0.464 e. The molecule has 1 saturated carbocycles. The van der Waals surface area contributed by atoms with Crippen molar-refractivity contribution in [2.45, 2.75) is 45.6 Å². The lowest BCUT2D eigenvalue weighted by atomic mass is 10.2. The number of ether oxygens (including phenoxy) is 1. The van der Waals surface area contributed by atoms with Gasteiger partial charge in [-0.3, -0.25) is 9.59 Å². The fraction of sp³-hybridized carbons (Fsp3) is 0.571. The summed E-state index contributed by atoms with van der Waals surface area (Å²) in [6.45, 7) is 5.04. The maximum atomic E-state index is 12.1. The van der Waals surface area contributed by atoms with Gasteiger partial charge in [0.15, 0.2) is 0 Å². The minimum absolute atomic E-state index is 0.0597. The van der Waals surface area contributed by atoms with Crippen molar-refractivity contribution in [3.05, 3.63) is 27.4 Å². The number of aromatic nitrogens is 2. The van der Waals surface area contributed by atoms with E-state index in [1.54, 1.807) is 13.8 Å². The summed E-state index contributed by atoms with van der Waals surface area (Å²) < 4.78 is 4.80. The number of carbonyl (C=O) groups is 2. The molecule has 7 heteroatoms. The van der Waals surface area contributed by atoms with Gasteiger partial charge in [-0.15, -0.1) is 0 Å². The molecule has 1 aromatic rings. The zero-order chi connectivity index (χ0) is 15.6. The topological polar surface area (TPSA) is 101 Å². The first-order valence-corrected chi connectivity index (χ1v) is 7.02. The first-order chi connectivity index (χ1) is 9.93. The first-order valence-electron chi connectivity index (χ1n) is 7.02. The maximum Gasteiger partial charge on any atom is 0.328 e. The summed E-state index contributed by atoms with van der Waals surface area (Å²) >= 11 is 0. The Balaban J connectivity index is 2.15. The maximum absolute atomic E-state index is 12.1. The summed E-state index contributed by atoms with van der Waals surface area (Å²) in [7, 11) is 0. The third-order valence-electron chi connectivity index (χ3n) is 3.30. The third kappa shape index (κ3) is 3.48. The van der Waals surface area contributed by atoms with Crippen LogP contribution in [0.1, 0.15) is 54.5 Å². The van der Waals surface area contributed by atoms with Crippen molar-refractivity contribution < 1.29 is 14.3 Å². The zero-order valence-corrected chi connectivity index (χ0v) is 12.4. The number of nitrogens with one attached hydrogen (secondary N) is 2. The van der Waals surface area contributed by atoms with Crippen molar-refractivity contribution >= 4 is 11.9 Å². The Bertz CT molecular complexity index is 619. The number of carbonyl (C=O) groups excluding carboxylic acids is 2. The molecule has 114 valence electrons. The second-order valence-corrected chi connectivity index (χ2v) is 5.13. The molecule has 1 unspecified atom stereocenters. The molecule has 2 rings (SSSR count). The molecule has 0 saturated heterocycles. The number of amides is 1. The van der Waals surface area contributed by atoms with Crippen LogP contribution in [0.2, 0.25) is 0 Å². The molecule has 1 amide bonds. The summed E-state index contributed by atoms with van der Waals surface area (Å²) in [6, 6.07) is -0.820. The fourth-order valence-electron chi connectivity index (χ4n) is 2.02. The minimum atomic E-state index is -0.820. The number of esters is 1. The molecule has 2 N–H and O–H groups in total. The molecular weight excluding hydrogens is 274 g/mol. The van der Waals surface area contributed by atoms with Gasteiger partial charge in [0.2, 0.25) is 0 Å². The molecule has 21 heavy (non-hydrogen) atoms. The number of hydrogen-bond donors (Lipinski definition) is 2. The molecule has 1 aromatic heterocycles. The van der Waals surface area contributed by atoms with Crippen molar-refractivity contribution in [2.75, 3.05) is 6.61 Å². The Labute approximate surface area is 122 Å².